The predicted octanol–water partition coefficient (Wildman–Crippen LogP) is 3.81. The summed E-state index contributed by atoms with van der Waals surface area (Å²) in [5.41, 5.74) is 0.340. The maximum atomic E-state index is 12.5. The second-order valence-electron chi connectivity index (χ2n) is 5.76. The lowest BCUT2D eigenvalue weighted by atomic mass is 10.3. The molecule has 3 rings (SSSR count). The zero-order valence-electron chi connectivity index (χ0n) is 15.3. The number of benzene rings is 1. The van der Waals surface area contributed by atoms with E-state index >= 15 is 0 Å². The smallest absolute Gasteiger partial charge is 0.319 e. The van der Waals surface area contributed by atoms with Gasteiger partial charge in [0.1, 0.15) is 18.7 Å². The number of urea groups is 1. The molecule has 0 spiro atoms. The summed E-state index contributed by atoms with van der Waals surface area (Å²) in [5, 5.41) is 10.1. The highest BCUT2D eigenvalue weighted by atomic mass is 35.5. The fraction of sp³-hybridized carbons (Fsp3) is 0.167. The molecule has 0 aliphatic rings. The van der Waals surface area contributed by atoms with Crippen LogP contribution in [0.4, 0.5) is 10.5 Å². The van der Waals surface area contributed by atoms with E-state index in [1.54, 1.807) is 37.5 Å². The van der Waals surface area contributed by atoms with Crippen molar-refractivity contribution in [3.05, 3.63) is 65.4 Å². The Morgan fingerprint density at radius 1 is 1.28 bits per heavy atom. The lowest BCUT2D eigenvalue weighted by molar-refractivity contribution is 0.248. The van der Waals surface area contributed by atoms with Crippen molar-refractivity contribution in [1.29, 1.82) is 0 Å². The van der Waals surface area contributed by atoms with Gasteiger partial charge < -0.3 is 15.4 Å². The van der Waals surface area contributed by atoms with Crippen LogP contribution in [-0.4, -0.2) is 37.4 Å². The molecule has 1 atom stereocenters. The lowest BCUT2D eigenvalue weighted by Gasteiger charge is -2.16. The third-order valence-electron chi connectivity index (χ3n) is 3.68. The van der Waals surface area contributed by atoms with Crippen LogP contribution >= 0.6 is 23.2 Å². The van der Waals surface area contributed by atoms with Crippen molar-refractivity contribution in [2.24, 2.45) is 0 Å². The second kappa shape index (κ2) is 9.35. The number of ether oxygens (including phenoxy) is 1. The molecule has 1 unspecified atom stereocenters. The van der Waals surface area contributed by atoms with Gasteiger partial charge in [0.2, 0.25) is 0 Å². The first-order valence-corrected chi connectivity index (χ1v) is 9.22. The molecular weight excluding hydrogens is 417 g/mol. The topological polar surface area (TPSA) is 107 Å². The fourth-order valence-electron chi connectivity index (χ4n) is 2.40. The van der Waals surface area contributed by atoms with Crippen molar-refractivity contribution in [2.45, 2.75) is 13.0 Å². The maximum absolute atomic E-state index is 12.5. The van der Waals surface area contributed by atoms with Crippen LogP contribution in [0.25, 0.3) is 5.95 Å². The lowest BCUT2D eigenvalue weighted by Crippen LogP contribution is -2.32. The SMILES string of the molecule is C=CCOc1cc(NC(=O)NC(C)c2ncnn2-c2ncccn2)c(Cl)cc1Cl. The molecule has 2 aromatic heterocycles. The van der Waals surface area contributed by atoms with E-state index in [-0.39, 0.29) is 11.6 Å². The molecule has 3 aromatic rings. The van der Waals surface area contributed by atoms with Crippen LogP contribution in [0, 0.1) is 0 Å². The molecule has 0 fully saturated rings. The summed E-state index contributed by atoms with van der Waals surface area (Å²) in [4.78, 5) is 24.9. The average molecular weight is 434 g/mol. The van der Waals surface area contributed by atoms with Gasteiger partial charge >= 0.3 is 6.03 Å². The molecule has 2 heterocycles. The average Bonchev–Trinajstić information content (AvgIpc) is 3.20. The van der Waals surface area contributed by atoms with Gasteiger partial charge in [0, 0.05) is 18.5 Å². The van der Waals surface area contributed by atoms with E-state index in [2.05, 4.69) is 37.3 Å². The number of carbonyl (C=O) groups excluding carboxylic acids is 1. The summed E-state index contributed by atoms with van der Waals surface area (Å²) in [5.74, 6) is 1.18. The quantitative estimate of drug-likeness (QED) is 0.548. The number of hydrogen-bond donors (Lipinski definition) is 2. The molecule has 29 heavy (non-hydrogen) atoms. The van der Waals surface area contributed by atoms with Crippen LogP contribution in [0.15, 0.2) is 49.6 Å². The molecule has 0 radical (unpaired) electrons. The number of carbonyl (C=O) groups is 1. The van der Waals surface area contributed by atoms with Crippen molar-refractivity contribution in [3.63, 3.8) is 0 Å². The first-order chi connectivity index (χ1) is 14.0. The van der Waals surface area contributed by atoms with Crippen molar-refractivity contribution in [1.82, 2.24) is 30.0 Å². The first kappa shape index (κ1) is 20.6. The van der Waals surface area contributed by atoms with Crippen LogP contribution in [0.5, 0.6) is 5.75 Å². The number of amides is 2. The van der Waals surface area contributed by atoms with E-state index in [1.807, 2.05) is 0 Å². The minimum Gasteiger partial charge on any atom is -0.488 e. The molecule has 0 aliphatic heterocycles. The number of nitrogens with one attached hydrogen (secondary N) is 2. The summed E-state index contributed by atoms with van der Waals surface area (Å²) < 4.78 is 6.90. The number of aromatic nitrogens is 5. The first-order valence-electron chi connectivity index (χ1n) is 8.47. The summed E-state index contributed by atoms with van der Waals surface area (Å²) in [7, 11) is 0. The Morgan fingerprint density at radius 2 is 2.03 bits per heavy atom. The van der Waals surface area contributed by atoms with E-state index in [0.717, 1.165) is 0 Å². The van der Waals surface area contributed by atoms with Crippen molar-refractivity contribution < 1.29 is 9.53 Å². The molecule has 0 bridgehead atoms. The molecule has 150 valence electrons. The van der Waals surface area contributed by atoms with Gasteiger partial charge in [0.15, 0.2) is 5.82 Å². The Bertz CT molecular complexity index is 1010. The van der Waals surface area contributed by atoms with Gasteiger partial charge in [-0.25, -0.2) is 19.7 Å². The molecule has 2 amide bonds. The van der Waals surface area contributed by atoms with E-state index in [0.29, 0.717) is 28.2 Å². The fourth-order valence-corrected chi connectivity index (χ4v) is 2.89. The van der Waals surface area contributed by atoms with Crippen LogP contribution in [0.2, 0.25) is 10.0 Å². The maximum Gasteiger partial charge on any atom is 0.319 e. The third-order valence-corrected chi connectivity index (χ3v) is 4.29. The Morgan fingerprint density at radius 3 is 2.76 bits per heavy atom. The predicted molar refractivity (Wildman–Crippen MR) is 110 cm³/mol. The largest absolute Gasteiger partial charge is 0.488 e. The Hall–Kier alpha value is -3.17. The molecule has 11 heteroatoms. The van der Waals surface area contributed by atoms with Gasteiger partial charge in [-0.15, -0.1) is 0 Å². The minimum absolute atomic E-state index is 0.265. The van der Waals surface area contributed by atoms with E-state index in [1.165, 1.54) is 17.1 Å². The molecule has 0 saturated heterocycles. The van der Waals surface area contributed by atoms with Crippen LogP contribution in [-0.2, 0) is 0 Å². The summed E-state index contributed by atoms with van der Waals surface area (Å²) in [6, 6.07) is 3.73. The normalized spacial score (nSPS) is 11.6. The monoisotopic (exact) mass is 433 g/mol. The van der Waals surface area contributed by atoms with Crippen molar-refractivity contribution >= 4 is 34.9 Å². The van der Waals surface area contributed by atoms with Crippen LogP contribution < -0.4 is 15.4 Å². The zero-order chi connectivity index (χ0) is 20.8. The van der Waals surface area contributed by atoms with Gasteiger partial charge in [0.25, 0.3) is 5.95 Å². The van der Waals surface area contributed by atoms with E-state index in [9.17, 15) is 4.79 Å². The van der Waals surface area contributed by atoms with E-state index in [4.69, 9.17) is 27.9 Å². The standard InChI is InChI=1S/C18H17Cl2N7O2/c1-3-7-29-15-9-14(12(19)8-13(15)20)26-18(28)25-11(2)16-23-10-24-27(16)17-21-5-4-6-22-17/h3-6,8-11H,1,7H2,2H3,(H2,25,26,28). The zero-order valence-corrected chi connectivity index (χ0v) is 16.9. The molecule has 0 aliphatic carbocycles. The minimum atomic E-state index is -0.500. The number of hydrogen-bond acceptors (Lipinski definition) is 6. The van der Waals surface area contributed by atoms with Crippen molar-refractivity contribution in [2.75, 3.05) is 11.9 Å². The molecule has 9 nitrogen and oxygen atoms in total. The van der Waals surface area contributed by atoms with E-state index < -0.39 is 12.1 Å². The second-order valence-corrected chi connectivity index (χ2v) is 6.58. The third kappa shape index (κ3) is 5.01. The summed E-state index contributed by atoms with van der Waals surface area (Å²) in [6.45, 7) is 5.60. The highest BCUT2D eigenvalue weighted by molar-refractivity contribution is 6.37. The van der Waals surface area contributed by atoms with Crippen molar-refractivity contribution in [3.8, 4) is 11.7 Å². The Labute approximate surface area is 176 Å². The number of nitrogens with zero attached hydrogens (tertiary/aromatic N) is 5. The van der Waals surface area contributed by atoms with Gasteiger partial charge in [-0.05, 0) is 19.1 Å². The Kier molecular flexibility index (Phi) is 6.63. The summed E-state index contributed by atoms with van der Waals surface area (Å²) in [6.07, 6.45) is 6.13. The number of anilines is 1. The molecular formula is C18H17Cl2N7O2. The highest BCUT2D eigenvalue weighted by Crippen LogP contribution is 2.34. The van der Waals surface area contributed by atoms with Crippen LogP contribution in [0.1, 0.15) is 18.8 Å². The van der Waals surface area contributed by atoms with Crippen LogP contribution in [0.3, 0.4) is 0 Å². The van der Waals surface area contributed by atoms with Gasteiger partial charge in [-0.3, -0.25) is 0 Å². The van der Waals surface area contributed by atoms with Gasteiger partial charge in [-0.2, -0.15) is 9.78 Å². The molecule has 2 N–H and O–H groups in total. The highest BCUT2D eigenvalue weighted by Gasteiger charge is 2.19. The van der Waals surface area contributed by atoms with Gasteiger partial charge in [0.05, 0.1) is 21.8 Å². The Balaban J connectivity index is 1.72. The summed E-state index contributed by atoms with van der Waals surface area (Å²) >= 11 is 12.3. The number of rotatable bonds is 7. The number of halogens is 2. The van der Waals surface area contributed by atoms with Gasteiger partial charge in [-0.1, -0.05) is 35.9 Å². The molecule has 0 saturated carbocycles. The molecule has 1 aromatic carbocycles.